The lowest BCUT2D eigenvalue weighted by Gasteiger charge is -2.22. The summed E-state index contributed by atoms with van der Waals surface area (Å²) in [7, 11) is -3.29. The minimum atomic E-state index is -4.33. The summed E-state index contributed by atoms with van der Waals surface area (Å²) in [5.41, 5.74) is 0.204. The summed E-state index contributed by atoms with van der Waals surface area (Å²) in [5.74, 6) is -1.44. The molecule has 2 aromatic rings. The first kappa shape index (κ1) is 20.8. The van der Waals surface area contributed by atoms with Gasteiger partial charge in [-0.05, 0) is 30.3 Å². The first-order valence-corrected chi connectivity index (χ1v) is 10.3. The molecular weight excluding hydrogens is 434 g/mol. The van der Waals surface area contributed by atoms with E-state index < -0.39 is 26.0 Å². The number of benzene rings is 2. The maximum absolute atomic E-state index is 12.4. The number of halogens is 2. The Morgan fingerprint density at radius 2 is 1.96 bits per heavy atom. The summed E-state index contributed by atoms with van der Waals surface area (Å²) >= 11 is 11.8. The van der Waals surface area contributed by atoms with E-state index in [1.165, 1.54) is 36.4 Å². The minimum Gasteiger partial charge on any atom is -0.480 e. The molecule has 0 spiro atoms. The van der Waals surface area contributed by atoms with E-state index in [1.807, 2.05) is 0 Å². The Balaban J connectivity index is 1.74. The quantitative estimate of drug-likeness (QED) is 0.497. The van der Waals surface area contributed by atoms with Crippen LogP contribution in [0.2, 0.25) is 10.0 Å². The molecule has 0 aliphatic carbocycles. The van der Waals surface area contributed by atoms with E-state index in [0.29, 0.717) is 16.5 Å². The second-order valence-electron chi connectivity index (χ2n) is 5.57. The third-order valence-electron chi connectivity index (χ3n) is 3.72. The zero-order chi connectivity index (χ0) is 20.3. The molecule has 0 radical (unpaired) electrons. The van der Waals surface area contributed by atoms with Crippen LogP contribution in [0.4, 0.5) is 0 Å². The van der Waals surface area contributed by atoms with Gasteiger partial charge < -0.3 is 28.4 Å². The van der Waals surface area contributed by atoms with Crippen LogP contribution in [0.15, 0.2) is 36.4 Å². The fraction of sp³-hybridized carbons (Fsp3) is 0.235. The number of fused-ring (bicyclic) bond motifs is 1. The fourth-order valence-corrected chi connectivity index (χ4v) is 3.82. The molecule has 0 fully saturated rings. The van der Waals surface area contributed by atoms with Crippen LogP contribution in [0.1, 0.15) is 11.4 Å². The fourth-order valence-electron chi connectivity index (χ4n) is 2.37. The lowest BCUT2D eigenvalue weighted by Crippen LogP contribution is -2.19. The van der Waals surface area contributed by atoms with E-state index in [1.54, 1.807) is 0 Å². The molecule has 2 unspecified atom stereocenters. The SMILES string of the molecule is COP(=O)(O)C(OC(=O)COc1ccc(Cl)cc1Cl)c1ccc2c(c1)OCO2. The lowest BCUT2D eigenvalue weighted by molar-refractivity contribution is -0.149. The first-order valence-electron chi connectivity index (χ1n) is 7.85. The second-order valence-corrected chi connectivity index (χ2v) is 8.37. The molecule has 1 N–H and O–H groups in total. The van der Waals surface area contributed by atoms with Gasteiger partial charge in [0.15, 0.2) is 18.1 Å². The van der Waals surface area contributed by atoms with Gasteiger partial charge >= 0.3 is 13.6 Å². The molecule has 0 amide bonds. The van der Waals surface area contributed by atoms with E-state index in [9.17, 15) is 14.3 Å². The molecule has 0 aromatic heterocycles. The molecule has 2 atom stereocenters. The Bertz CT molecular complexity index is 935. The zero-order valence-corrected chi connectivity index (χ0v) is 16.9. The molecule has 2 aromatic carbocycles. The maximum Gasteiger partial charge on any atom is 0.372 e. The smallest absolute Gasteiger partial charge is 0.372 e. The van der Waals surface area contributed by atoms with Gasteiger partial charge in [0.25, 0.3) is 0 Å². The lowest BCUT2D eigenvalue weighted by atomic mass is 10.2. The van der Waals surface area contributed by atoms with E-state index >= 15 is 0 Å². The summed E-state index contributed by atoms with van der Waals surface area (Å²) in [6.45, 7) is -0.522. The Morgan fingerprint density at radius 1 is 1.21 bits per heavy atom. The van der Waals surface area contributed by atoms with Gasteiger partial charge in [-0.3, -0.25) is 4.57 Å². The monoisotopic (exact) mass is 448 g/mol. The topological polar surface area (TPSA) is 101 Å². The van der Waals surface area contributed by atoms with Crippen molar-refractivity contribution in [3.05, 3.63) is 52.0 Å². The average Bonchev–Trinajstić information content (AvgIpc) is 3.13. The predicted octanol–water partition coefficient (Wildman–Crippen LogP) is 4.17. The van der Waals surface area contributed by atoms with E-state index in [4.69, 9.17) is 42.1 Å². The standard InChI is InChI=1S/C17H15Cl2O8P/c1-23-28(21,22)17(10-2-4-14-15(6-10)26-9-25-14)27-16(20)8-24-13-5-3-11(18)7-12(13)19/h2-7,17H,8-9H2,1H3,(H,21,22). The van der Waals surface area contributed by atoms with Crippen molar-refractivity contribution in [3.8, 4) is 17.2 Å². The van der Waals surface area contributed by atoms with Gasteiger partial charge in [0.1, 0.15) is 5.75 Å². The molecule has 1 heterocycles. The highest BCUT2D eigenvalue weighted by atomic mass is 35.5. The number of hydrogen-bond donors (Lipinski definition) is 1. The molecule has 0 saturated carbocycles. The molecule has 8 nitrogen and oxygen atoms in total. The summed E-state index contributed by atoms with van der Waals surface area (Å²) in [4.78, 5) is 22.3. The average molecular weight is 449 g/mol. The van der Waals surface area contributed by atoms with Crippen molar-refractivity contribution in [1.82, 2.24) is 0 Å². The predicted molar refractivity (Wildman–Crippen MR) is 100 cm³/mol. The Labute approximate surface area is 170 Å². The molecule has 1 aliphatic rings. The van der Waals surface area contributed by atoms with Gasteiger partial charge in [0, 0.05) is 17.7 Å². The third kappa shape index (κ3) is 4.71. The summed E-state index contributed by atoms with van der Waals surface area (Å²) in [6, 6.07) is 8.93. The van der Waals surface area contributed by atoms with E-state index in [0.717, 1.165) is 7.11 Å². The van der Waals surface area contributed by atoms with Crippen LogP contribution in [0.3, 0.4) is 0 Å². The zero-order valence-electron chi connectivity index (χ0n) is 14.5. The highest BCUT2D eigenvalue weighted by Gasteiger charge is 2.37. The molecule has 0 saturated heterocycles. The Kier molecular flexibility index (Phi) is 6.37. The van der Waals surface area contributed by atoms with Crippen molar-refractivity contribution in [2.75, 3.05) is 20.5 Å². The van der Waals surface area contributed by atoms with Crippen molar-refractivity contribution >= 4 is 36.8 Å². The van der Waals surface area contributed by atoms with Crippen LogP contribution in [-0.2, 0) is 18.6 Å². The highest BCUT2D eigenvalue weighted by molar-refractivity contribution is 7.53. The van der Waals surface area contributed by atoms with E-state index in [2.05, 4.69) is 4.52 Å². The summed E-state index contributed by atoms with van der Waals surface area (Å²) < 4.78 is 37.9. The highest BCUT2D eigenvalue weighted by Crippen LogP contribution is 2.57. The van der Waals surface area contributed by atoms with Gasteiger partial charge in [-0.1, -0.05) is 29.3 Å². The van der Waals surface area contributed by atoms with Crippen molar-refractivity contribution < 1.29 is 37.7 Å². The van der Waals surface area contributed by atoms with Gasteiger partial charge in [-0.25, -0.2) is 4.79 Å². The summed E-state index contributed by atoms with van der Waals surface area (Å²) in [6.07, 6.45) is 0. The largest absolute Gasteiger partial charge is 0.480 e. The summed E-state index contributed by atoms with van der Waals surface area (Å²) in [5, 5.41) is 0.612. The number of carbonyl (C=O) groups excluding carboxylic acids is 1. The van der Waals surface area contributed by atoms with Crippen molar-refractivity contribution in [2.45, 2.75) is 5.85 Å². The molecule has 28 heavy (non-hydrogen) atoms. The molecule has 1 aliphatic heterocycles. The number of rotatable bonds is 7. The molecule has 3 rings (SSSR count). The molecule has 11 heteroatoms. The third-order valence-corrected chi connectivity index (χ3v) is 5.77. The molecule has 0 bridgehead atoms. The van der Waals surface area contributed by atoms with Crippen LogP contribution in [0.5, 0.6) is 17.2 Å². The van der Waals surface area contributed by atoms with Gasteiger partial charge in [0.05, 0.1) is 5.02 Å². The first-order chi connectivity index (χ1) is 13.3. The van der Waals surface area contributed by atoms with Crippen LogP contribution in [0, 0.1) is 0 Å². The van der Waals surface area contributed by atoms with Crippen LogP contribution >= 0.6 is 30.8 Å². The number of ether oxygens (including phenoxy) is 4. The van der Waals surface area contributed by atoms with Gasteiger partial charge in [0.2, 0.25) is 12.6 Å². The number of hydrogen-bond acceptors (Lipinski definition) is 7. The molecule has 150 valence electrons. The Morgan fingerprint density at radius 3 is 2.68 bits per heavy atom. The van der Waals surface area contributed by atoms with Crippen LogP contribution in [-0.4, -0.2) is 31.4 Å². The van der Waals surface area contributed by atoms with Gasteiger partial charge in [-0.15, -0.1) is 0 Å². The van der Waals surface area contributed by atoms with Crippen molar-refractivity contribution in [2.24, 2.45) is 0 Å². The van der Waals surface area contributed by atoms with Crippen LogP contribution in [0.25, 0.3) is 0 Å². The van der Waals surface area contributed by atoms with Gasteiger partial charge in [-0.2, -0.15) is 0 Å². The number of esters is 1. The second kappa shape index (κ2) is 8.59. The maximum atomic E-state index is 12.4. The minimum absolute atomic E-state index is 0.0278. The van der Waals surface area contributed by atoms with Crippen molar-refractivity contribution in [3.63, 3.8) is 0 Å². The van der Waals surface area contributed by atoms with Crippen LogP contribution < -0.4 is 14.2 Å². The normalized spacial score (nSPS) is 15.6. The molecular formula is C17H15Cl2O8P. The van der Waals surface area contributed by atoms with Crippen molar-refractivity contribution in [1.29, 1.82) is 0 Å². The Hall–Kier alpha value is -1.96. The number of carbonyl (C=O) groups is 1. The van der Waals surface area contributed by atoms with E-state index in [-0.39, 0.29) is 23.1 Å².